The normalized spacial score (nSPS) is 11.9. The second-order valence-electron chi connectivity index (χ2n) is 7.47. The maximum atomic E-state index is 13.7. The van der Waals surface area contributed by atoms with Gasteiger partial charge in [-0.05, 0) is 24.1 Å². The van der Waals surface area contributed by atoms with E-state index in [2.05, 4.69) is 16.0 Å². The van der Waals surface area contributed by atoms with Crippen molar-refractivity contribution in [3.63, 3.8) is 0 Å². The number of benzene rings is 2. The predicted molar refractivity (Wildman–Crippen MR) is 119 cm³/mol. The number of carboxylic acid groups (broad SMARTS) is 1. The molecule has 3 rings (SSSR count). The van der Waals surface area contributed by atoms with Crippen LogP contribution >= 0.6 is 0 Å². The van der Waals surface area contributed by atoms with Crippen molar-refractivity contribution in [2.24, 2.45) is 0 Å². The molecule has 1 atom stereocenters. The molecule has 0 unspecified atom stereocenters. The molecule has 3 aromatic carbocycles. The molecule has 0 aliphatic rings. The summed E-state index contributed by atoms with van der Waals surface area (Å²) in [4.78, 5) is 35.3. The fourth-order valence-electron chi connectivity index (χ4n) is 3.25. The van der Waals surface area contributed by atoms with Crippen molar-refractivity contribution in [3.05, 3.63) is 85.4 Å². The second kappa shape index (κ2) is 10.2. The lowest BCUT2D eigenvalue weighted by atomic mass is 10.0. The van der Waals surface area contributed by atoms with Gasteiger partial charge in [0.05, 0.1) is 0 Å². The molecular formula is C23H22F3N3O4. The van der Waals surface area contributed by atoms with Crippen LogP contribution in [0.2, 0.25) is 0 Å². The van der Waals surface area contributed by atoms with Gasteiger partial charge in [0.25, 0.3) is 10.9 Å². The van der Waals surface area contributed by atoms with Gasteiger partial charge in [-0.15, -0.1) is 0 Å². The Morgan fingerprint density at radius 3 is 2.15 bits per heavy atom. The Kier molecular flexibility index (Phi) is 7.37. The molecular weight excluding hydrogens is 439 g/mol. The molecule has 0 amide bonds. The summed E-state index contributed by atoms with van der Waals surface area (Å²) in [6, 6.07) is 6.48. The minimum atomic E-state index is -1.20. The first kappa shape index (κ1) is 23.8. The summed E-state index contributed by atoms with van der Waals surface area (Å²) in [5.41, 5.74) is -0.581. The molecule has 4 N–H and O–H groups in total. The summed E-state index contributed by atoms with van der Waals surface area (Å²) in [5.74, 6) is -4.21. The zero-order valence-corrected chi connectivity index (χ0v) is 17.7. The number of carboxylic acids is 1. The van der Waals surface area contributed by atoms with Gasteiger partial charge >= 0.3 is 5.97 Å². The maximum absolute atomic E-state index is 13.7. The Hall–Kier alpha value is -3.82. The number of rotatable bonds is 11. The standard InChI is InChI=1S/C23H22F3N3O4/c1-2-7-27-19-20(22(31)21(19)30)29-18(23(32)33)8-12-3-5-14(6-4-12)28-11-15-16(25)9-13(24)10-17(15)26/h3-6,9-10,18,27-29H,2,7-8,11H2,1H3,(H,32,33)/t18-/m0/s1. The Labute approximate surface area is 187 Å². The van der Waals surface area contributed by atoms with Crippen LogP contribution in [0.1, 0.15) is 24.5 Å². The fourth-order valence-corrected chi connectivity index (χ4v) is 3.25. The molecule has 0 aromatic heterocycles. The molecule has 0 aliphatic heterocycles. The van der Waals surface area contributed by atoms with Gasteiger partial charge in [-0.1, -0.05) is 19.1 Å². The Morgan fingerprint density at radius 2 is 1.58 bits per heavy atom. The van der Waals surface area contributed by atoms with Crippen LogP contribution in [0.4, 0.5) is 30.2 Å². The first-order chi connectivity index (χ1) is 15.7. The average molecular weight is 461 g/mol. The van der Waals surface area contributed by atoms with Gasteiger partial charge in [-0.25, -0.2) is 18.0 Å². The second-order valence-corrected chi connectivity index (χ2v) is 7.47. The average Bonchev–Trinajstić information content (AvgIpc) is 2.77. The van der Waals surface area contributed by atoms with E-state index in [4.69, 9.17) is 0 Å². The van der Waals surface area contributed by atoms with E-state index in [0.717, 1.165) is 6.42 Å². The first-order valence-corrected chi connectivity index (χ1v) is 10.2. The monoisotopic (exact) mass is 461 g/mol. The van der Waals surface area contributed by atoms with Crippen LogP contribution in [0.3, 0.4) is 0 Å². The number of nitrogens with one attached hydrogen (secondary N) is 3. The lowest BCUT2D eigenvalue weighted by molar-refractivity contribution is -0.137. The van der Waals surface area contributed by atoms with Gasteiger partial charge in [0, 0.05) is 42.9 Å². The van der Waals surface area contributed by atoms with Crippen LogP contribution in [-0.4, -0.2) is 23.7 Å². The number of aliphatic carboxylic acids is 1. The molecule has 0 fully saturated rings. The summed E-state index contributed by atoms with van der Waals surface area (Å²) in [5, 5.41) is 17.8. The quantitative estimate of drug-likeness (QED) is 0.325. The molecule has 0 radical (unpaired) electrons. The van der Waals surface area contributed by atoms with Crippen molar-refractivity contribution < 1.29 is 23.1 Å². The summed E-state index contributed by atoms with van der Waals surface area (Å²) >= 11 is 0. The third kappa shape index (κ3) is 5.51. The molecule has 0 saturated carbocycles. The Morgan fingerprint density at radius 1 is 0.970 bits per heavy atom. The third-order valence-corrected chi connectivity index (χ3v) is 5.05. The lowest BCUT2D eigenvalue weighted by Gasteiger charge is -2.20. The molecule has 0 saturated heterocycles. The van der Waals surface area contributed by atoms with Crippen LogP contribution in [0.5, 0.6) is 0 Å². The topological polar surface area (TPSA) is 108 Å². The van der Waals surface area contributed by atoms with Crippen molar-refractivity contribution in [1.29, 1.82) is 0 Å². The van der Waals surface area contributed by atoms with Gasteiger partial charge in [-0.2, -0.15) is 0 Å². The van der Waals surface area contributed by atoms with Crippen molar-refractivity contribution in [2.45, 2.75) is 32.4 Å². The van der Waals surface area contributed by atoms with Gasteiger partial charge in [0.1, 0.15) is 34.9 Å². The van der Waals surface area contributed by atoms with E-state index >= 15 is 0 Å². The molecule has 33 heavy (non-hydrogen) atoms. The number of halogens is 3. The van der Waals surface area contributed by atoms with Gasteiger partial charge in [0.2, 0.25) is 0 Å². The third-order valence-electron chi connectivity index (χ3n) is 5.05. The number of carbonyl (C=O) groups is 1. The molecule has 7 nitrogen and oxygen atoms in total. The van der Waals surface area contributed by atoms with E-state index in [-0.39, 0.29) is 29.9 Å². The highest BCUT2D eigenvalue weighted by molar-refractivity contribution is 5.82. The molecule has 10 heteroatoms. The zero-order valence-electron chi connectivity index (χ0n) is 17.7. The molecule has 3 aromatic rings. The lowest BCUT2D eigenvalue weighted by Crippen LogP contribution is -2.42. The van der Waals surface area contributed by atoms with Crippen molar-refractivity contribution in [2.75, 3.05) is 22.5 Å². The SMILES string of the molecule is CCCNc1c(N[C@@H](Cc2ccc(NCc3c(F)cc(F)cc3F)cc2)C(=O)O)c(=O)c1=O. The van der Waals surface area contributed by atoms with E-state index in [1.54, 1.807) is 24.3 Å². The largest absolute Gasteiger partial charge is 0.480 e. The van der Waals surface area contributed by atoms with E-state index in [0.29, 0.717) is 29.9 Å². The summed E-state index contributed by atoms with van der Waals surface area (Å²) in [7, 11) is 0. The van der Waals surface area contributed by atoms with Crippen LogP contribution in [0.15, 0.2) is 46.0 Å². The summed E-state index contributed by atoms with van der Waals surface area (Å²) in [6.07, 6.45) is 0.740. The molecule has 0 spiro atoms. The highest BCUT2D eigenvalue weighted by Gasteiger charge is 2.26. The highest BCUT2D eigenvalue weighted by atomic mass is 19.1. The van der Waals surface area contributed by atoms with Crippen LogP contribution < -0.4 is 26.8 Å². The minimum Gasteiger partial charge on any atom is -0.480 e. The number of hydrogen-bond donors (Lipinski definition) is 4. The first-order valence-electron chi connectivity index (χ1n) is 10.2. The van der Waals surface area contributed by atoms with Crippen LogP contribution in [0.25, 0.3) is 0 Å². The van der Waals surface area contributed by atoms with E-state index in [1.165, 1.54) is 0 Å². The molecule has 174 valence electrons. The minimum absolute atomic E-state index is 0.0167. The van der Waals surface area contributed by atoms with E-state index in [1.807, 2.05) is 6.92 Å². The van der Waals surface area contributed by atoms with Gasteiger partial charge in [0.15, 0.2) is 0 Å². The van der Waals surface area contributed by atoms with Crippen LogP contribution in [0, 0.1) is 17.5 Å². The van der Waals surface area contributed by atoms with Crippen LogP contribution in [-0.2, 0) is 17.8 Å². The summed E-state index contributed by atoms with van der Waals surface area (Å²) in [6.45, 7) is 2.14. The van der Waals surface area contributed by atoms with Crippen molar-refractivity contribution in [1.82, 2.24) is 0 Å². The van der Waals surface area contributed by atoms with Crippen molar-refractivity contribution >= 4 is 23.0 Å². The number of hydrogen-bond acceptors (Lipinski definition) is 6. The highest BCUT2D eigenvalue weighted by Crippen LogP contribution is 2.20. The smallest absolute Gasteiger partial charge is 0.326 e. The molecule has 0 bridgehead atoms. The van der Waals surface area contributed by atoms with Crippen molar-refractivity contribution in [3.8, 4) is 0 Å². The summed E-state index contributed by atoms with van der Waals surface area (Å²) < 4.78 is 40.5. The van der Waals surface area contributed by atoms with Gasteiger partial charge < -0.3 is 21.1 Å². The number of anilines is 3. The van der Waals surface area contributed by atoms with E-state index < -0.39 is 40.3 Å². The van der Waals surface area contributed by atoms with Gasteiger partial charge in [-0.3, -0.25) is 9.59 Å². The van der Waals surface area contributed by atoms with E-state index in [9.17, 15) is 32.7 Å². The molecule has 0 heterocycles. The Bertz CT molecular complexity index is 1200. The predicted octanol–water partition coefficient (Wildman–Crippen LogP) is 3.24. The fraction of sp³-hybridized carbons (Fsp3) is 0.261. The Balaban J connectivity index is 1.65. The zero-order chi connectivity index (χ0) is 24.1. The molecule has 0 aliphatic carbocycles. The maximum Gasteiger partial charge on any atom is 0.326 e.